The van der Waals surface area contributed by atoms with Crippen LogP contribution in [0, 0.1) is 6.92 Å². The van der Waals surface area contributed by atoms with Crippen LogP contribution in [0.4, 0.5) is 5.69 Å². The number of aryl methyl sites for hydroxylation is 1. The highest BCUT2D eigenvalue weighted by Crippen LogP contribution is 2.26. The monoisotopic (exact) mass is 248 g/mol. The first-order valence-electron chi connectivity index (χ1n) is 6.82. The molecular weight excluding hydrogens is 224 g/mol. The molecule has 1 unspecified atom stereocenters. The molecule has 0 saturated carbocycles. The first-order valence-corrected chi connectivity index (χ1v) is 6.82. The Bertz CT molecular complexity index is 392. The zero-order valence-electron chi connectivity index (χ0n) is 11.7. The molecule has 18 heavy (non-hydrogen) atoms. The number of anilines is 1. The Morgan fingerprint density at radius 1 is 1.44 bits per heavy atom. The van der Waals surface area contributed by atoms with Crippen molar-refractivity contribution < 1.29 is 4.74 Å². The lowest BCUT2D eigenvalue weighted by atomic mass is 10.1. The summed E-state index contributed by atoms with van der Waals surface area (Å²) in [4.78, 5) is 2.43. The van der Waals surface area contributed by atoms with Crippen molar-refractivity contribution >= 4 is 5.69 Å². The quantitative estimate of drug-likeness (QED) is 0.865. The maximum Gasteiger partial charge on any atom is 0.0762 e. The van der Waals surface area contributed by atoms with Gasteiger partial charge in [0.25, 0.3) is 0 Å². The van der Waals surface area contributed by atoms with E-state index in [0.29, 0.717) is 6.10 Å². The summed E-state index contributed by atoms with van der Waals surface area (Å²) in [6, 6.07) is 6.77. The summed E-state index contributed by atoms with van der Waals surface area (Å²) >= 11 is 0. The van der Waals surface area contributed by atoms with Crippen molar-refractivity contribution in [3.05, 3.63) is 29.3 Å². The van der Waals surface area contributed by atoms with Crippen molar-refractivity contribution in [2.24, 2.45) is 0 Å². The molecule has 3 heteroatoms. The molecule has 0 bridgehead atoms. The van der Waals surface area contributed by atoms with Gasteiger partial charge in [-0.2, -0.15) is 0 Å². The lowest BCUT2D eigenvalue weighted by molar-refractivity contribution is 0.121. The van der Waals surface area contributed by atoms with Crippen LogP contribution in [0.2, 0.25) is 0 Å². The van der Waals surface area contributed by atoms with Crippen molar-refractivity contribution in [3.63, 3.8) is 0 Å². The van der Waals surface area contributed by atoms with Crippen LogP contribution in [-0.2, 0) is 11.3 Å². The standard InChI is InChI=1S/C15H24N2O/c1-4-16-10-13-5-6-15(12(2)9-13)17-8-7-14(11-17)18-3/h5-6,9,14,16H,4,7-8,10-11H2,1-3H3. The molecule has 100 valence electrons. The molecule has 1 heterocycles. The first-order chi connectivity index (χ1) is 8.74. The van der Waals surface area contributed by atoms with E-state index in [0.717, 1.165) is 32.6 Å². The van der Waals surface area contributed by atoms with E-state index in [9.17, 15) is 0 Å². The summed E-state index contributed by atoms with van der Waals surface area (Å²) < 4.78 is 5.43. The van der Waals surface area contributed by atoms with E-state index in [1.807, 2.05) is 0 Å². The van der Waals surface area contributed by atoms with E-state index in [4.69, 9.17) is 4.74 Å². The summed E-state index contributed by atoms with van der Waals surface area (Å²) in [5, 5.41) is 3.36. The van der Waals surface area contributed by atoms with Gasteiger partial charge in [-0.05, 0) is 37.1 Å². The van der Waals surface area contributed by atoms with E-state index >= 15 is 0 Å². The van der Waals surface area contributed by atoms with Gasteiger partial charge in [0, 0.05) is 32.4 Å². The normalized spacial score (nSPS) is 19.5. The molecule has 1 aromatic rings. The zero-order chi connectivity index (χ0) is 13.0. The van der Waals surface area contributed by atoms with Crippen LogP contribution in [-0.4, -0.2) is 32.8 Å². The molecule has 1 N–H and O–H groups in total. The summed E-state index contributed by atoms with van der Waals surface area (Å²) in [6.45, 7) is 8.43. The number of benzene rings is 1. The number of nitrogens with one attached hydrogen (secondary N) is 1. The van der Waals surface area contributed by atoms with Crippen LogP contribution in [0.3, 0.4) is 0 Å². The second-order valence-corrected chi connectivity index (χ2v) is 4.99. The second-order valence-electron chi connectivity index (χ2n) is 4.99. The molecule has 1 aromatic carbocycles. The van der Waals surface area contributed by atoms with Gasteiger partial charge in [0.1, 0.15) is 0 Å². The molecule has 3 nitrogen and oxygen atoms in total. The molecule has 1 atom stereocenters. The van der Waals surface area contributed by atoms with Crippen LogP contribution in [0.15, 0.2) is 18.2 Å². The lowest BCUT2D eigenvalue weighted by Crippen LogP contribution is -2.23. The van der Waals surface area contributed by atoms with Crippen LogP contribution < -0.4 is 10.2 Å². The Labute approximate surface area is 110 Å². The van der Waals surface area contributed by atoms with Crippen molar-refractivity contribution in [1.29, 1.82) is 0 Å². The van der Waals surface area contributed by atoms with Crippen molar-refractivity contribution in [1.82, 2.24) is 5.32 Å². The minimum absolute atomic E-state index is 0.394. The second kappa shape index (κ2) is 6.21. The topological polar surface area (TPSA) is 24.5 Å². The molecule has 0 radical (unpaired) electrons. The first kappa shape index (κ1) is 13.4. The van der Waals surface area contributed by atoms with Gasteiger partial charge in [0.2, 0.25) is 0 Å². The number of rotatable bonds is 5. The average Bonchev–Trinajstić information content (AvgIpc) is 2.85. The third-order valence-corrected chi connectivity index (χ3v) is 3.66. The number of nitrogens with zero attached hydrogens (tertiary/aromatic N) is 1. The minimum Gasteiger partial charge on any atom is -0.380 e. The van der Waals surface area contributed by atoms with Crippen molar-refractivity contribution in [3.8, 4) is 0 Å². The highest BCUT2D eigenvalue weighted by Gasteiger charge is 2.23. The Morgan fingerprint density at radius 3 is 2.89 bits per heavy atom. The number of ether oxygens (including phenoxy) is 1. The van der Waals surface area contributed by atoms with Crippen LogP contribution in [0.5, 0.6) is 0 Å². The summed E-state index contributed by atoms with van der Waals surface area (Å²) in [5.41, 5.74) is 4.08. The minimum atomic E-state index is 0.394. The summed E-state index contributed by atoms with van der Waals surface area (Å²) in [6.07, 6.45) is 1.53. The molecule has 0 amide bonds. The molecule has 2 rings (SSSR count). The number of hydrogen-bond acceptors (Lipinski definition) is 3. The number of methoxy groups -OCH3 is 1. The van der Waals surface area contributed by atoms with Gasteiger partial charge in [-0.1, -0.05) is 19.1 Å². The van der Waals surface area contributed by atoms with Gasteiger partial charge >= 0.3 is 0 Å². The molecule has 0 spiro atoms. The predicted octanol–water partition coefficient (Wildman–Crippen LogP) is 2.33. The third kappa shape index (κ3) is 3.03. The molecule has 1 saturated heterocycles. The average molecular weight is 248 g/mol. The number of hydrogen-bond donors (Lipinski definition) is 1. The molecule has 0 aliphatic carbocycles. The van der Waals surface area contributed by atoms with Gasteiger partial charge in [-0.25, -0.2) is 0 Å². The fourth-order valence-electron chi connectivity index (χ4n) is 2.59. The molecule has 1 aliphatic rings. The SMILES string of the molecule is CCNCc1ccc(N2CCC(OC)C2)c(C)c1. The molecule has 0 aromatic heterocycles. The predicted molar refractivity (Wildman–Crippen MR) is 76.2 cm³/mol. The fourth-order valence-corrected chi connectivity index (χ4v) is 2.59. The van der Waals surface area contributed by atoms with E-state index in [1.165, 1.54) is 16.8 Å². The van der Waals surface area contributed by atoms with Crippen molar-refractivity contribution in [2.45, 2.75) is 32.9 Å². The van der Waals surface area contributed by atoms with E-state index < -0.39 is 0 Å². The largest absolute Gasteiger partial charge is 0.380 e. The van der Waals surface area contributed by atoms with E-state index in [1.54, 1.807) is 7.11 Å². The van der Waals surface area contributed by atoms with Gasteiger partial charge in [0.15, 0.2) is 0 Å². The van der Waals surface area contributed by atoms with Gasteiger partial charge in [-0.3, -0.25) is 0 Å². The van der Waals surface area contributed by atoms with Gasteiger partial charge in [-0.15, -0.1) is 0 Å². The van der Waals surface area contributed by atoms with E-state index in [2.05, 4.69) is 42.3 Å². The Kier molecular flexibility index (Phi) is 4.61. The molecule has 1 aliphatic heterocycles. The summed E-state index contributed by atoms with van der Waals surface area (Å²) in [5.74, 6) is 0. The third-order valence-electron chi connectivity index (χ3n) is 3.66. The fraction of sp³-hybridized carbons (Fsp3) is 0.600. The van der Waals surface area contributed by atoms with Crippen molar-refractivity contribution in [2.75, 3.05) is 31.6 Å². The van der Waals surface area contributed by atoms with Crippen LogP contribution >= 0.6 is 0 Å². The van der Waals surface area contributed by atoms with Gasteiger partial charge in [0.05, 0.1) is 6.10 Å². The Hall–Kier alpha value is -1.06. The highest BCUT2D eigenvalue weighted by atomic mass is 16.5. The van der Waals surface area contributed by atoms with Crippen LogP contribution in [0.1, 0.15) is 24.5 Å². The maximum absolute atomic E-state index is 5.43. The zero-order valence-corrected chi connectivity index (χ0v) is 11.7. The lowest BCUT2D eigenvalue weighted by Gasteiger charge is -2.21. The Balaban J connectivity index is 2.05. The smallest absolute Gasteiger partial charge is 0.0762 e. The summed E-state index contributed by atoms with van der Waals surface area (Å²) in [7, 11) is 1.81. The van der Waals surface area contributed by atoms with Crippen LogP contribution in [0.25, 0.3) is 0 Å². The van der Waals surface area contributed by atoms with E-state index in [-0.39, 0.29) is 0 Å². The van der Waals surface area contributed by atoms with Gasteiger partial charge < -0.3 is 15.0 Å². The maximum atomic E-state index is 5.43. The molecular formula is C15H24N2O. The highest BCUT2D eigenvalue weighted by molar-refractivity contribution is 5.55. The Morgan fingerprint density at radius 2 is 2.28 bits per heavy atom. The molecule has 1 fully saturated rings.